The van der Waals surface area contributed by atoms with Gasteiger partial charge in [0, 0.05) is 25.6 Å². The molecule has 0 aromatic carbocycles. The van der Waals surface area contributed by atoms with E-state index in [0.717, 1.165) is 43.1 Å². The molecule has 0 amide bonds. The zero-order chi connectivity index (χ0) is 14.6. The van der Waals surface area contributed by atoms with Gasteiger partial charge in [-0.25, -0.2) is 9.97 Å². The molecule has 5 heteroatoms. The Hall–Kier alpha value is -1.36. The molecule has 0 spiro atoms. The molecule has 1 heterocycles. The summed E-state index contributed by atoms with van der Waals surface area (Å²) in [5.74, 6) is 2.69. The van der Waals surface area contributed by atoms with Crippen molar-refractivity contribution in [3.63, 3.8) is 0 Å². The summed E-state index contributed by atoms with van der Waals surface area (Å²) < 4.78 is 0. The van der Waals surface area contributed by atoms with Crippen LogP contribution < -0.4 is 10.6 Å². The fourth-order valence-corrected chi connectivity index (χ4v) is 2.58. The van der Waals surface area contributed by atoms with Crippen molar-refractivity contribution in [1.82, 2.24) is 9.97 Å². The minimum Gasteiger partial charge on any atom is -0.388 e. The van der Waals surface area contributed by atoms with Gasteiger partial charge in [0.1, 0.15) is 17.5 Å². The van der Waals surface area contributed by atoms with Crippen LogP contribution in [0.15, 0.2) is 6.07 Å². The van der Waals surface area contributed by atoms with E-state index in [0.29, 0.717) is 6.54 Å². The summed E-state index contributed by atoms with van der Waals surface area (Å²) in [6.07, 6.45) is 5.21. The highest BCUT2D eigenvalue weighted by Gasteiger charge is 2.28. The Labute approximate surface area is 121 Å². The molecule has 0 radical (unpaired) electrons. The molecule has 5 nitrogen and oxygen atoms in total. The van der Waals surface area contributed by atoms with Gasteiger partial charge in [-0.2, -0.15) is 0 Å². The molecular formula is C15H26N4O. The van der Waals surface area contributed by atoms with Gasteiger partial charge in [0.25, 0.3) is 0 Å². The van der Waals surface area contributed by atoms with Crippen molar-refractivity contribution in [3.8, 4) is 0 Å². The maximum Gasteiger partial charge on any atom is 0.135 e. The van der Waals surface area contributed by atoms with E-state index in [2.05, 4.69) is 34.4 Å². The average Bonchev–Trinajstić information content (AvgIpc) is 2.45. The molecule has 0 atom stereocenters. The molecule has 3 N–H and O–H groups in total. The maximum atomic E-state index is 10.5. The summed E-state index contributed by atoms with van der Waals surface area (Å²) >= 11 is 0. The molecule has 1 saturated carbocycles. The van der Waals surface area contributed by atoms with Crippen LogP contribution in [-0.2, 0) is 0 Å². The van der Waals surface area contributed by atoms with Crippen LogP contribution in [0.25, 0.3) is 0 Å². The first kappa shape index (κ1) is 15.0. The Balaban J connectivity index is 2.06. The van der Waals surface area contributed by atoms with Crippen LogP contribution in [0.5, 0.6) is 0 Å². The topological polar surface area (TPSA) is 70.1 Å². The van der Waals surface area contributed by atoms with Crippen LogP contribution in [0, 0.1) is 0 Å². The summed E-state index contributed by atoms with van der Waals surface area (Å²) in [6.45, 7) is 4.71. The van der Waals surface area contributed by atoms with E-state index in [1.807, 2.05) is 13.1 Å². The Bertz CT molecular complexity index is 441. The van der Waals surface area contributed by atoms with Crippen LogP contribution in [-0.4, -0.2) is 34.3 Å². The second-order valence-electron chi connectivity index (χ2n) is 6.04. The zero-order valence-electron chi connectivity index (χ0n) is 12.7. The van der Waals surface area contributed by atoms with Crippen LogP contribution in [0.4, 0.5) is 11.6 Å². The molecule has 112 valence electrons. The highest BCUT2D eigenvalue weighted by atomic mass is 16.3. The molecule has 0 aliphatic heterocycles. The van der Waals surface area contributed by atoms with E-state index in [1.54, 1.807) is 0 Å². The number of hydrogen-bond donors (Lipinski definition) is 3. The van der Waals surface area contributed by atoms with Crippen LogP contribution in [0.2, 0.25) is 0 Å². The maximum absolute atomic E-state index is 10.5. The summed E-state index contributed by atoms with van der Waals surface area (Å²) in [7, 11) is 1.85. The van der Waals surface area contributed by atoms with Gasteiger partial charge < -0.3 is 15.7 Å². The number of aliphatic hydroxyl groups is 1. The standard InChI is InChI=1S/C15H26N4O/c1-11(2)14-18-12(16-3)9-13(19-14)17-10-15(20)7-5-4-6-8-15/h9,11,20H,4-8,10H2,1-3H3,(H2,16,17,18,19). The van der Waals surface area contributed by atoms with Crippen LogP contribution in [0.1, 0.15) is 57.7 Å². The van der Waals surface area contributed by atoms with Crippen molar-refractivity contribution in [1.29, 1.82) is 0 Å². The Morgan fingerprint density at radius 2 is 1.85 bits per heavy atom. The highest BCUT2D eigenvalue weighted by molar-refractivity contribution is 5.47. The minimum atomic E-state index is -0.582. The SMILES string of the molecule is CNc1cc(NCC2(O)CCCCC2)nc(C(C)C)n1. The highest BCUT2D eigenvalue weighted by Crippen LogP contribution is 2.28. The fraction of sp³-hybridized carbons (Fsp3) is 0.733. The largest absolute Gasteiger partial charge is 0.388 e. The Morgan fingerprint density at radius 3 is 2.45 bits per heavy atom. The van der Waals surface area contributed by atoms with E-state index in [4.69, 9.17) is 0 Å². The molecule has 0 bridgehead atoms. The van der Waals surface area contributed by atoms with E-state index < -0.39 is 5.60 Å². The monoisotopic (exact) mass is 278 g/mol. The van der Waals surface area contributed by atoms with Crippen molar-refractivity contribution < 1.29 is 5.11 Å². The second-order valence-corrected chi connectivity index (χ2v) is 6.04. The molecule has 2 rings (SSSR count). The minimum absolute atomic E-state index is 0.279. The van der Waals surface area contributed by atoms with Gasteiger partial charge in [0.05, 0.1) is 5.60 Å². The van der Waals surface area contributed by atoms with E-state index in [9.17, 15) is 5.11 Å². The lowest BCUT2D eigenvalue weighted by molar-refractivity contribution is 0.0166. The lowest BCUT2D eigenvalue weighted by Gasteiger charge is -2.32. The van der Waals surface area contributed by atoms with Gasteiger partial charge in [-0.3, -0.25) is 0 Å². The smallest absolute Gasteiger partial charge is 0.135 e. The van der Waals surface area contributed by atoms with E-state index >= 15 is 0 Å². The number of aromatic nitrogens is 2. The van der Waals surface area contributed by atoms with Gasteiger partial charge in [-0.05, 0) is 12.8 Å². The second kappa shape index (κ2) is 6.39. The molecule has 0 unspecified atom stereocenters. The first-order chi connectivity index (χ1) is 9.52. The van der Waals surface area contributed by atoms with Gasteiger partial charge in [-0.15, -0.1) is 0 Å². The molecule has 0 saturated heterocycles. The number of nitrogens with one attached hydrogen (secondary N) is 2. The third-order valence-electron chi connectivity index (χ3n) is 3.90. The fourth-order valence-electron chi connectivity index (χ4n) is 2.58. The first-order valence-corrected chi connectivity index (χ1v) is 7.55. The predicted octanol–water partition coefficient (Wildman–Crippen LogP) is 2.75. The van der Waals surface area contributed by atoms with Gasteiger partial charge in [0.15, 0.2) is 0 Å². The first-order valence-electron chi connectivity index (χ1n) is 7.55. The van der Waals surface area contributed by atoms with E-state index in [-0.39, 0.29) is 5.92 Å². The molecule has 1 aromatic rings. The lowest BCUT2D eigenvalue weighted by atomic mass is 9.85. The summed E-state index contributed by atoms with van der Waals surface area (Å²) in [5, 5.41) is 16.9. The van der Waals surface area contributed by atoms with Crippen molar-refractivity contribution in [2.45, 2.75) is 57.5 Å². The molecular weight excluding hydrogens is 252 g/mol. The summed E-state index contributed by atoms with van der Waals surface area (Å²) in [5.41, 5.74) is -0.582. The predicted molar refractivity (Wildman–Crippen MR) is 82.2 cm³/mol. The average molecular weight is 278 g/mol. The molecule has 1 aliphatic carbocycles. The summed E-state index contributed by atoms with van der Waals surface area (Å²) in [6, 6.07) is 1.89. The van der Waals surface area contributed by atoms with Crippen molar-refractivity contribution in [3.05, 3.63) is 11.9 Å². The lowest BCUT2D eigenvalue weighted by Crippen LogP contribution is -2.39. The zero-order valence-corrected chi connectivity index (χ0v) is 12.7. The Kier molecular flexibility index (Phi) is 4.81. The number of rotatable bonds is 5. The Morgan fingerprint density at radius 1 is 1.20 bits per heavy atom. The molecule has 1 aliphatic rings. The summed E-state index contributed by atoms with van der Waals surface area (Å²) in [4.78, 5) is 8.96. The van der Waals surface area contributed by atoms with Crippen molar-refractivity contribution >= 4 is 11.6 Å². The normalized spacial score (nSPS) is 18.1. The quantitative estimate of drug-likeness (QED) is 0.772. The third kappa shape index (κ3) is 3.82. The van der Waals surface area contributed by atoms with Gasteiger partial charge in [0.2, 0.25) is 0 Å². The van der Waals surface area contributed by atoms with Crippen LogP contribution >= 0.6 is 0 Å². The van der Waals surface area contributed by atoms with E-state index in [1.165, 1.54) is 6.42 Å². The number of anilines is 2. The third-order valence-corrected chi connectivity index (χ3v) is 3.90. The van der Waals surface area contributed by atoms with Gasteiger partial charge >= 0.3 is 0 Å². The molecule has 1 aromatic heterocycles. The number of nitrogens with zero attached hydrogens (tertiary/aromatic N) is 2. The van der Waals surface area contributed by atoms with Crippen LogP contribution in [0.3, 0.4) is 0 Å². The molecule has 1 fully saturated rings. The van der Waals surface area contributed by atoms with Crippen molar-refractivity contribution in [2.24, 2.45) is 0 Å². The molecule has 20 heavy (non-hydrogen) atoms. The van der Waals surface area contributed by atoms with Gasteiger partial charge in [-0.1, -0.05) is 33.1 Å². The number of hydrogen-bond acceptors (Lipinski definition) is 5. The van der Waals surface area contributed by atoms with Crippen molar-refractivity contribution in [2.75, 3.05) is 24.2 Å².